The SMILES string of the molecule is CCOC(=O)c1ccc(Nc2c(C)nnc3ccccc23)cc1. The third-order valence-electron chi connectivity index (χ3n) is 3.51. The summed E-state index contributed by atoms with van der Waals surface area (Å²) in [4.78, 5) is 11.7. The summed E-state index contributed by atoms with van der Waals surface area (Å²) in [6.45, 7) is 4.07. The number of aryl methyl sites for hydroxylation is 1. The predicted octanol–water partition coefficient (Wildman–Crippen LogP) is 3.86. The van der Waals surface area contributed by atoms with Crippen LogP contribution in [0.5, 0.6) is 0 Å². The van der Waals surface area contributed by atoms with Gasteiger partial charge < -0.3 is 10.1 Å². The van der Waals surface area contributed by atoms with Crippen LogP contribution in [0.3, 0.4) is 0 Å². The summed E-state index contributed by atoms with van der Waals surface area (Å²) in [5.41, 5.74) is 3.98. The maximum Gasteiger partial charge on any atom is 0.338 e. The molecule has 0 fully saturated rings. The normalized spacial score (nSPS) is 10.5. The van der Waals surface area contributed by atoms with E-state index in [2.05, 4.69) is 15.5 Å². The Hall–Kier alpha value is -2.95. The van der Waals surface area contributed by atoms with E-state index in [-0.39, 0.29) is 5.97 Å². The van der Waals surface area contributed by atoms with Crippen molar-refractivity contribution in [3.63, 3.8) is 0 Å². The highest BCUT2D eigenvalue weighted by Gasteiger charge is 2.09. The maximum absolute atomic E-state index is 11.7. The van der Waals surface area contributed by atoms with Crippen LogP contribution in [0.25, 0.3) is 10.9 Å². The highest BCUT2D eigenvalue weighted by Crippen LogP contribution is 2.27. The van der Waals surface area contributed by atoms with Gasteiger partial charge in [-0.2, -0.15) is 10.2 Å². The van der Waals surface area contributed by atoms with E-state index in [0.29, 0.717) is 12.2 Å². The van der Waals surface area contributed by atoms with E-state index >= 15 is 0 Å². The van der Waals surface area contributed by atoms with E-state index in [0.717, 1.165) is 28.0 Å². The van der Waals surface area contributed by atoms with Crippen molar-refractivity contribution in [1.29, 1.82) is 0 Å². The molecule has 5 heteroatoms. The molecule has 3 rings (SSSR count). The smallest absolute Gasteiger partial charge is 0.338 e. The topological polar surface area (TPSA) is 64.1 Å². The molecule has 3 aromatic rings. The Labute approximate surface area is 134 Å². The third kappa shape index (κ3) is 3.13. The van der Waals surface area contributed by atoms with Crippen molar-refractivity contribution in [3.8, 4) is 0 Å². The number of fused-ring (bicyclic) bond motifs is 1. The first-order valence-corrected chi connectivity index (χ1v) is 7.45. The van der Waals surface area contributed by atoms with Crippen molar-refractivity contribution in [2.24, 2.45) is 0 Å². The minimum atomic E-state index is -0.314. The lowest BCUT2D eigenvalue weighted by Crippen LogP contribution is -2.04. The van der Waals surface area contributed by atoms with Gasteiger partial charge in [-0.15, -0.1) is 0 Å². The van der Waals surface area contributed by atoms with Crippen LogP contribution in [0, 0.1) is 6.92 Å². The van der Waals surface area contributed by atoms with E-state index in [1.54, 1.807) is 19.1 Å². The number of esters is 1. The first-order chi connectivity index (χ1) is 11.2. The lowest BCUT2D eigenvalue weighted by atomic mass is 10.1. The Morgan fingerprint density at radius 1 is 1.09 bits per heavy atom. The molecule has 1 N–H and O–H groups in total. The van der Waals surface area contributed by atoms with Gasteiger partial charge >= 0.3 is 5.97 Å². The van der Waals surface area contributed by atoms with Crippen LogP contribution >= 0.6 is 0 Å². The predicted molar refractivity (Wildman–Crippen MR) is 90.0 cm³/mol. The Morgan fingerprint density at radius 3 is 2.57 bits per heavy atom. The fourth-order valence-electron chi connectivity index (χ4n) is 2.35. The summed E-state index contributed by atoms with van der Waals surface area (Å²) in [6.07, 6.45) is 0. The fraction of sp³-hybridized carbons (Fsp3) is 0.167. The van der Waals surface area contributed by atoms with Crippen LogP contribution < -0.4 is 5.32 Å². The Morgan fingerprint density at radius 2 is 1.83 bits per heavy atom. The zero-order valence-electron chi connectivity index (χ0n) is 13.0. The second-order valence-corrected chi connectivity index (χ2v) is 5.10. The van der Waals surface area contributed by atoms with Crippen LogP contribution in [-0.2, 0) is 4.74 Å². The van der Waals surface area contributed by atoms with Crippen LogP contribution in [0.1, 0.15) is 23.0 Å². The Balaban J connectivity index is 1.90. The number of rotatable bonds is 4. The zero-order valence-corrected chi connectivity index (χ0v) is 13.0. The first-order valence-electron chi connectivity index (χ1n) is 7.45. The molecule has 0 unspecified atom stereocenters. The van der Waals surface area contributed by atoms with E-state index < -0.39 is 0 Å². The fourth-order valence-corrected chi connectivity index (χ4v) is 2.35. The standard InChI is InChI=1S/C18H17N3O2/c1-3-23-18(22)13-8-10-14(11-9-13)19-17-12(2)20-21-16-7-5-4-6-15(16)17/h4-11H,3H2,1-2H3,(H,19,21). The van der Waals surface area contributed by atoms with Crippen molar-refractivity contribution in [2.45, 2.75) is 13.8 Å². The van der Waals surface area contributed by atoms with Gasteiger partial charge in [-0.3, -0.25) is 0 Å². The van der Waals surface area contributed by atoms with E-state index in [9.17, 15) is 4.79 Å². The number of nitrogens with one attached hydrogen (secondary N) is 1. The molecule has 0 radical (unpaired) electrons. The summed E-state index contributed by atoms with van der Waals surface area (Å²) in [5, 5.41) is 12.7. The van der Waals surface area contributed by atoms with Gasteiger partial charge in [0.15, 0.2) is 0 Å². The average molecular weight is 307 g/mol. The molecule has 0 atom stereocenters. The molecule has 116 valence electrons. The lowest BCUT2D eigenvalue weighted by Gasteiger charge is -2.12. The highest BCUT2D eigenvalue weighted by atomic mass is 16.5. The third-order valence-corrected chi connectivity index (χ3v) is 3.51. The molecule has 0 amide bonds. The van der Waals surface area contributed by atoms with Crippen LogP contribution in [0.4, 0.5) is 11.4 Å². The van der Waals surface area contributed by atoms with Gasteiger partial charge in [-0.25, -0.2) is 4.79 Å². The van der Waals surface area contributed by atoms with Crippen LogP contribution in [-0.4, -0.2) is 22.8 Å². The van der Waals surface area contributed by atoms with Crippen molar-refractivity contribution in [2.75, 3.05) is 11.9 Å². The van der Waals surface area contributed by atoms with Gasteiger partial charge in [0.25, 0.3) is 0 Å². The monoisotopic (exact) mass is 307 g/mol. The second kappa shape index (κ2) is 6.44. The number of carbonyl (C=O) groups excluding carboxylic acids is 1. The molecule has 23 heavy (non-hydrogen) atoms. The molecular formula is C18H17N3O2. The van der Waals surface area contributed by atoms with Crippen molar-refractivity contribution < 1.29 is 9.53 Å². The molecule has 0 aliphatic carbocycles. The summed E-state index contributed by atoms with van der Waals surface area (Å²) in [5.74, 6) is -0.314. The summed E-state index contributed by atoms with van der Waals surface area (Å²) >= 11 is 0. The highest BCUT2D eigenvalue weighted by molar-refractivity contribution is 5.94. The van der Waals surface area contributed by atoms with Crippen molar-refractivity contribution >= 4 is 28.2 Å². The number of carbonyl (C=O) groups is 1. The molecule has 0 spiro atoms. The second-order valence-electron chi connectivity index (χ2n) is 5.10. The van der Waals surface area contributed by atoms with Crippen LogP contribution in [0.2, 0.25) is 0 Å². The Bertz CT molecular complexity index is 845. The largest absolute Gasteiger partial charge is 0.462 e. The molecule has 0 aliphatic heterocycles. The number of aromatic nitrogens is 2. The quantitative estimate of drug-likeness (QED) is 0.741. The lowest BCUT2D eigenvalue weighted by molar-refractivity contribution is 0.0526. The number of ether oxygens (including phenoxy) is 1. The first kappa shape index (κ1) is 15.0. The number of benzene rings is 2. The molecule has 5 nitrogen and oxygen atoms in total. The number of hydrogen-bond donors (Lipinski definition) is 1. The van der Waals surface area contributed by atoms with Crippen molar-refractivity contribution in [3.05, 3.63) is 59.8 Å². The van der Waals surface area contributed by atoms with Gasteiger partial charge in [0.05, 0.1) is 29.1 Å². The van der Waals surface area contributed by atoms with Gasteiger partial charge in [0.2, 0.25) is 0 Å². The van der Waals surface area contributed by atoms with Gasteiger partial charge in [-0.05, 0) is 44.2 Å². The Kier molecular flexibility index (Phi) is 4.19. The van der Waals surface area contributed by atoms with Crippen LogP contribution in [0.15, 0.2) is 48.5 Å². The molecular weight excluding hydrogens is 290 g/mol. The molecule has 1 aromatic heterocycles. The number of nitrogens with zero attached hydrogens (tertiary/aromatic N) is 2. The summed E-state index contributed by atoms with van der Waals surface area (Å²) in [7, 11) is 0. The molecule has 0 saturated carbocycles. The zero-order chi connectivity index (χ0) is 16.2. The number of hydrogen-bond acceptors (Lipinski definition) is 5. The average Bonchev–Trinajstić information content (AvgIpc) is 2.58. The van der Waals surface area contributed by atoms with E-state index in [4.69, 9.17) is 4.74 Å². The molecule has 0 saturated heterocycles. The van der Waals surface area contributed by atoms with E-state index in [1.165, 1.54) is 0 Å². The summed E-state index contributed by atoms with van der Waals surface area (Å²) < 4.78 is 4.99. The maximum atomic E-state index is 11.7. The molecule has 1 heterocycles. The van der Waals surface area contributed by atoms with Gasteiger partial charge in [0.1, 0.15) is 0 Å². The molecule has 0 bridgehead atoms. The number of anilines is 2. The van der Waals surface area contributed by atoms with Gasteiger partial charge in [-0.1, -0.05) is 18.2 Å². The van der Waals surface area contributed by atoms with Crippen molar-refractivity contribution in [1.82, 2.24) is 10.2 Å². The van der Waals surface area contributed by atoms with E-state index in [1.807, 2.05) is 43.3 Å². The minimum absolute atomic E-state index is 0.314. The molecule has 0 aliphatic rings. The van der Waals surface area contributed by atoms with Gasteiger partial charge in [0, 0.05) is 11.1 Å². The molecule has 2 aromatic carbocycles. The summed E-state index contributed by atoms with van der Waals surface area (Å²) in [6, 6.07) is 15.0. The minimum Gasteiger partial charge on any atom is -0.462 e.